The minimum absolute atomic E-state index is 0.0545. The molecule has 31 heavy (non-hydrogen) atoms. The summed E-state index contributed by atoms with van der Waals surface area (Å²) >= 11 is 0. The van der Waals surface area contributed by atoms with E-state index in [4.69, 9.17) is 9.72 Å². The summed E-state index contributed by atoms with van der Waals surface area (Å²) < 4.78 is 7.29. The number of pyridine rings is 1. The summed E-state index contributed by atoms with van der Waals surface area (Å²) in [6, 6.07) is 5.44. The summed E-state index contributed by atoms with van der Waals surface area (Å²) in [6.07, 6.45) is 7.21. The monoisotopic (exact) mass is 425 g/mol. The van der Waals surface area contributed by atoms with Gasteiger partial charge in [0, 0.05) is 44.2 Å². The molecule has 3 heterocycles. The molecule has 2 aromatic heterocycles. The number of fused-ring (bicyclic) bond motifs is 1. The van der Waals surface area contributed by atoms with Gasteiger partial charge in [-0.3, -0.25) is 14.3 Å². The minimum Gasteiger partial charge on any atom is -0.444 e. The van der Waals surface area contributed by atoms with Crippen LogP contribution in [-0.2, 0) is 11.8 Å². The van der Waals surface area contributed by atoms with Gasteiger partial charge >= 0.3 is 6.09 Å². The fourth-order valence-electron chi connectivity index (χ4n) is 4.62. The molecular formula is C23H31N5O3. The molecule has 1 saturated carbocycles. The molecule has 0 unspecified atom stereocenters. The van der Waals surface area contributed by atoms with Crippen LogP contribution in [0.2, 0.25) is 0 Å². The Balaban J connectivity index is 1.67. The molecule has 1 aliphatic heterocycles. The molecule has 2 atom stereocenters. The third-order valence-electron chi connectivity index (χ3n) is 6.05. The van der Waals surface area contributed by atoms with E-state index in [9.17, 15) is 9.59 Å². The molecule has 2 aromatic rings. The Morgan fingerprint density at radius 2 is 1.77 bits per heavy atom. The quantitative estimate of drug-likeness (QED) is 0.735. The van der Waals surface area contributed by atoms with Crippen LogP contribution in [0.15, 0.2) is 35.4 Å². The van der Waals surface area contributed by atoms with Gasteiger partial charge in [-0.05, 0) is 45.7 Å². The summed E-state index contributed by atoms with van der Waals surface area (Å²) in [5, 5.41) is 0. The van der Waals surface area contributed by atoms with Gasteiger partial charge in [0.05, 0.1) is 17.8 Å². The lowest BCUT2D eigenvalue weighted by atomic mass is 9.86. The van der Waals surface area contributed by atoms with Crippen molar-refractivity contribution in [2.24, 2.45) is 7.05 Å². The second-order valence-corrected chi connectivity index (χ2v) is 9.36. The maximum atomic E-state index is 12.9. The summed E-state index contributed by atoms with van der Waals surface area (Å²) in [4.78, 5) is 38.7. The molecule has 8 heteroatoms. The Morgan fingerprint density at radius 1 is 1.10 bits per heavy atom. The van der Waals surface area contributed by atoms with Gasteiger partial charge < -0.3 is 14.5 Å². The molecule has 1 amide bonds. The molecule has 4 rings (SSSR count). The Hall–Kier alpha value is -2.90. The summed E-state index contributed by atoms with van der Waals surface area (Å²) in [5.74, 6) is 0.653. The molecule has 0 N–H and O–H groups in total. The first-order valence-electron chi connectivity index (χ1n) is 11.0. The van der Waals surface area contributed by atoms with Gasteiger partial charge in [-0.25, -0.2) is 9.78 Å². The van der Waals surface area contributed by atoms with Crippen molar-refractivity contribution in [3.63, 3.8) is 0 Å². The van der Waals surface area contributed by atoms with Crippen molar-refractivity contribution in [3.05, 3.63) is 40.9 Å². The van der Waals surface area contributed by atoms with Crippen LogP contribution in [-0.4, -0.2) is 56.3 Å². The molecule has 8 nitrogen and oxygen atoms in total. The highest BCUT2D eigenvalue weighted by molar-refractivity contribution is 5.69. The van der Waals surface area contributed by atoms with Crippen LogP contribution in [0.4, 0.5) is 10.7 Å². The number of carbonyl (C=O) groups is 1. The first-order chi connectivity index (χ1) is 14.7. The zero-order valence-corrected chi connectivity index (χ0v) is 18.7. The number of rotatable bonds is 2. The molecule has 1 aliphatic carbocycles. The third kappa shape index (κ3) is 4.43. The second kappa shape index (κ2) is 8.32. The third-order valence-corrected chi connectivity index (χ3v) is 6.05. The maximum Gasteiger partial charge on any atom is 0.410 e. The lowest BCUT2D eigenvalue weighted by molar-refractivity contribution is 0.00410. The maximum absolute atomic E-state index is 12.9. The van der Waals surface area contributed by atoms with Crippen molar-refractivity contribution in [1.82, 2.24) is 19.4 Å². The van der Waals surface area contributed by atoms with Crippen molar-refractivity contribution in [2.75, 3.05) is 18.0 Å². The Bertz CT molecular complexity index is 999. The number of hydrogen-bond donors (Lipinski definition) is 0. The van der Waals surface area contributed by atoms with Gasteiger partial charge in [0.1, 0.15) is 5.60 Å². The van der Waals surface area contributed by atoms with Crippen LogP contribution in [0, 0.1) is 0 Å². The van der Waals surface area contributed by atoms with Crippen LogP contribution >= 0.6 is 0 Å². The number of nitrogens with zero attached hydrogens (tertiary/aromatic N) is 5. The van der Waals surface area contributed by atoms with Crippen molar-refractivity contribution in [1.29, 1.82) is 0 Å². The first-order valence-corrected chi connectivity index (χ1v) is 11.0. The van der Waals surface area contributed by atoms with Crippen LogP contribution in [0.5, 0.6) is 0 Å². The number of hydrogen-bond acceptors (Lipinski definition) is 6. The predicted octanol–water partition coefficient (Wildman–Crippen LogP) is 3.21. The van der Waals surface area contributed by atoms with E-state index in [1.54, 1.807) is 30.1 Å². The van der Waals surface area contributed by atoms with Crippen LogP contribution in [0.25, 0.3) is 11.3 Å². The number of ether oxygens (including phenoxy) is 1. The standard InChI is InChI=1S/C23H31N5O3/c1-23(2,3)31-22(30)28-14-13-27(18-7-5-6-8-19(18)28)21-25-17(15-20(29)26(21)4)16-9-11-24-12-10-16/h9-12,15,18-19H,5-8,13-14H2,1-4H3/t18-,19-/m1/s1. The predicted molar refractivity (Wildman–Crippen MR) is 119 cm³/mol. The van der Waals surface area contributed by atoms with Gasteiger partial charge in [0.25, 0.3) is 5.56 Å². The molecule has 0 radical (unpaired) electrons. The van der Waals surface area contributed by atoms with E-state index in [0.29, 0.717) is 24.7 Å². The fraction of sp³-hybridized carbons (Fsp3) is 0.565. The highest BCUT2D eigenvalue weighted by Crippen LogP contribution is 2.34. The minimum atomic E-state index is -0.525. The van der Waals surface area contributed by atoms with Crippen molar-refractivity contribution < 1.29 is 9.53 Å². The normalized spacial score (nSPS) is 21.5. The van der Waals surface area contributed by atoms with Crippen molar-refractivity contribution in [2.45, 2.75) is 64.1 Å². The van der Waals surface area contributed by atoms with E-state index < -0.39 is 5.60 Å². The van der Waals surface area contributed by atoms with Crippen molar-refractivity contribution >= 4 is 12.0 Å². The van der Waals surface area contributed by atoms with Gasteiger partial charge in [-0.2, -0.15) is 0 Å². The van der Waals surface area contributed by atoms with E-state index in [1.165, 1.54) is 0 Å². The molecule has 2 aliphatic rings. The molecular weight excluding hydrogens is 394 g/mol. The van der Waals surface area contributed by atoms with Crippen LogP contribution < -0.4 is 10.5 Å². The van der Waals surface area contributed by atoms with E-state index in [2.05, 4.69) is 9.88 Å². The van der Waals surface area contributed by atoms with E-state index in [-0.39, 0.29) is 23.7 Å². The molecule has 2 fully saturated rings. The van der Waals surface area contributed by atoms with E-state index >= 15 is 0 Å². The largest absolute Gasteiger partial charge is 0.444 e. The van der Waals surface area contributed by atoms with Crippen LogP contribution in [0.1, 0.15) is 46.5 Å². The van der Waals surface area contributed by atoms with Crippen molar-refractivity contribution in [3.8, 4) is 11.3 Å². The Morgan fingerprint density at radius 3 is 2.45 bits per heavy atom. The number of aromatic nitrogens is 3. The number of amides is 1. The zero-order valence-electron chi connectivity index (χ0n) is 18.7. The summed E-state index contributed by atoms with van der Waals surface area (Å²) in [7, 11) is 1.76. The highest BCUT2D eigenvalue weighted by atomic mass is 16.6. The fourth-order valence-corrected chi connectivity index (χ4v) is 4.62. The lowest BCUT2D eigenvalue weighted by Crippen LogP contribution is -2.63. The second-order valence-electron chi connectivity index (χ2n) is 9.36. The highest BCUT2D eigenvalue weighted by Gasteiger charge is 2.42. The van der Waals surface area contributed by atoms with Gasteiger partial charge in [-0.15, -0.1) is 0 Å². The van der Waals surface area contributed by atoms with Crippen LogP contribution in [0.3, 0.4) is 0 Å². The first kappa shape index (κ1) is 21.3. The molecule has 0 bridgehead atoms. The average Bonchev–Trinajstić information content (AvgIpc) is 2.74. The SMILES string of the molecule is Cn1c(N2CCN(C(=O)OC(C)(C)C)[C@@H]3CCCC[C@H]32)nc(-c2ccncc2)cc1=O. The number of anilines is 1. The molecule has 166 valence electrons. The summed E-state index contributed by atoms with van der Waals surface area (Å²) in [6.45, 7) is 6.84. The molecule has 0 aromatic carbocycles. The average molecular weight is 426 g/mol. The smallest absolute Gasteiger partial charge is 0.410 e. The van der Waals surface area contributed by atoms with E-state index in [0.717, 1.165) is 31.2 Å². The van der Waals surface area contributed by atoms with Gasteiger partial charge in [0.15, 0.2) is 0 Å². The Labute approximate surface area is 182 Å². The van der Waals surface area contributed by atoms with Gasteiger partial charge in [0.2, 0.25) is 5.95 Å². The lowest BCUT2D eigenvalue weighted by Gasteiger charge is -2.50. The topological polar surface area (TPSA) is 80.6 Å². The number of carbonyl (C=O) groups excluding carboxylic acids is 1. The molecule has 0 spiro atoms. The van der Waals surface area contributed by atoms with E-state index in [1.807, 2.05) is 37.8 Å². The van der Waals surface area contributed by atoms with Gasteiger partial charge in [-0.1, -0.05) is 12.8 Å². The summed E-state index contributed by atoms with van der Waals surface area (Å²) in [5.41, 5.74) is 0.880. The molecule has 1 saturated heterocycles. The Kier molecular flexibility index (Phi) is 5.73. The zero-order chi connectivity index (χ0) is 22.2. The number of piperazine rings is 1.